The van der Waals surface area contributed by atoms with Gasteiger partial charge in [-0.15, -0.1) is 0 Å². The molecule has 2 atom stereocenters. The summed E-state index contributed by atoms with van der Waals surface area (Å²) in [5, 5.41) is 0. The summed E-state index contributed by atoms with van der Waals surface area (Å²) in [7, 11) is 1.42. The van der Waals surface area contributed by atoms with Gasteiger partial charge in [-0.1, -0.05) is 6.92 Å². The van der Waals surface area contributed by atoms with Crippen LogP contribution in [-0.2, 0) is 9.53 Å². The highest BCUT2D eigenvalue weighted by Crippen LogP contribution is 2.38. The van der Waals surface area contributed by atoms with Gasteiger partial charge in [0.05, 0.1) is 36.7 Å². The first-order valence-electron chi connectivity index (χ1n) is 13.0. The lowest BCUT2D eigenvalue weighted by Gasteiger charge is -2.21. The molecule has 1 saturated heterocycles. The number of methoxy groups -OCH3 is 1. The van der Waals surface area contributed by atoms with Gasteiger partial charge in [0, 0.05) is 30.5 Å². The van der Waals surface area contributed by atoms with Crippen LogP contribution < -0.4 is 14.2 Å². The van der Waals surface area contributed by atoms with Crippen LogP contribution in [0.5, 0.6) is 17.4 Å². The fourth-order valence-electron chi connectivity index (χ4n) is 4.60. The van der Waals surface area contributed by atoms with Crippen molar-refractivity contribution in [3.63, 3.8) is 0 Å². The highest BCUT2D eigenvalue weighted by molar-refractivity contribution is 6.03. The number of carbonyl (C=O) groups is 2. The third kappa shape index (κ3) is 5.79. The number of hydrogen-bond acceptors (Lipinski definition) is 9. The number of nitrogens with zero attached hydrogens (tertiary/aromatic N) is 4. The molecular formula is C29H29FN4O6. The van der Waals surface area contributed by atoms with Crippen molar-refractivity contribution in [1.29, 1.82) is 0 Å². The second kappa shape index (κ2) is 11.8. The number of aryl methyl sites for hydroxylation is 1. The van der Waals surface area contributed by atoms with Crippen molar-refractivity contribution in [3.05, 3.63) is 59.7 Å². The molecule has 2 aromatic carbocycles. The maximum absolute atomic E-state index is 13.4. The van der Waals surface area contributed by atoms with Gasteiger partial charge < -0.3 is 23.8 Å². The van der Waals surface area contributed by atoms with Gasteiger partial charge in [0.15, 0.2) is 11.5 Å². The predicted molar refractivity (Wildman–Crippen MR) is 144 cm³/mol. The van der Waals surface area contributed by atoms with Crippen molar-refractivity contribution < 1.29 is 32.9 Å². The fourth-order valence-corrected chi connectivity index (χ4v) is 4.60. The van der Waals surface area contributed by atoms with E-state index in [1.165, 1.54) is 37.4 Å². The van der Waals surface area contributed by atoms with E-state index in [2.05, 4.69) is 15.0 Å². The number of halogens is 1. The smallest absolute Gasteiger partial charge is 0.381 e. The van der Waals surface area contributed by atoms with Crippen LogP contribution in [0.1, 0.15) is 42.4 Å². The Kier molecular flexibility index (Phi) is 8.01. The Hall–Kier alpha value is -4.38. The van der Waals surface area contributed by atoms with Gasteiger partial charge in [-0.25, -0.2) is 14.2 Å². The van der Waals surface area contributed by atoms with Gasteiger partial charge >= 0.3 is 12.3 Å². The topological polar surface area (TPSA) is 112 Å². The van der Waals surface area contributed by atoms with Gasteiger partial charge in [-0.3, -0.25) is 9.79 Å². The molecule has 5 rings (SSSR count). The lowest BCUT2D eigenvalue weighted by atomic mass is 10.1. The van der Waals surface area contributed by atoms with Crippen LogP contribution >= 0.6 is 0 Å². The lowest BCUT2D eigenvalue weighted by molar-refractivity contribution is -0.168. The molecule has 1 aromatic heterocycles. The van der Waals surface area contributed by atoms with E-state index in [9.17, 15) is 14.0 Å². The van der Waals surface area contributed by atoms with Crippen molar-refractivity contribution in [3.8, 4) is 28.6 Å². The monoisotopic (exact) mass is 548 g/mol. The van der Waals surface area contributed by atoms with Crippen LogP contribution in [0.25, 0.3) is 11.3 Å². The average Bonchev–Trinajstić information content (AvgIpc) is 3.38. The average molecular weight is 549 g/mol. The minimum atomic E-state index is -1.46. The second-order valence-corrected chi connectivity index (χ2v) is 9.39. The molecule has 1 amide bonds. The Morgan fingerprint density at radius 1 is 1.15 bits per heavy atom. The number of aliphatic imine (C=N–C) groups is 1. The first-order chi connectivity index (χ1) is 19.4. The number of aromatic nitrogens is 2. The molecule has 0 saturated carbocycles. The van der Waals surface area contributed by atoms with E-state index in [1.807, 2.05) is 6.92 Å². The predicted octanol–water partition coefficient (Wildman–Crippen LogP) is 4.66. The number of hydrogen-bond donors (Lipinski definition) is 0. The Morgan fingerprint density at radius 3 is 2.70 bits per heavy atom. The van der Waals surface area contributed by atoms with Gasteiger partial charge in [-0.05, 0) is 56.5 Å². The van der Waals surface area contributed by atoms with E-state index < -0.39 is 12.3 Å². The largest absolute Gasteiger partial charge is 0.493 e. The molecule has 3 aromatic rings. The van der Waals surface area contributed by atoms with Crippen LogP contribution in [0.15, 0.2) is 47.5 Å². The maximum Gasteiger partial charge on any atom is 0.381 e. The SMILES string of the molecule is CCCOC(Oc1cc(-c2ccc(F)cc2)nc(C)n1)C(=O)Oc1cc2c(cc1OC)C(=O)N1CCC[C@H]1C=N2. The van der Waals surface area contributed by atoms with E-state index in [0.29, 0.717) is 41.3 Å². The minimum Gasteiger partial charge on any atom is -0.493 e. The Balaban J connectivity index is 1.40. The first kappa shape index (κ1) is 27.2. The molecule has 0 N–H and O–H groups in total. The molecule has 0 bridgehead atoms. The molecule has 11 heteroatoms. The van der Waals surface area contributed by atoms with Crippen molar-refractivity contribution in [2.75, 3.05) is 20.3 Å². The number of amides is 1. The van der Waals surface area contributed by atoms with Crippen LogP contribution in [0, 0.1) is 12.7 Å². The number of benzene rings is 2. The molecule has 40 heavy (non-hydrogen) atoms. The van der Waals surface area contributed by atoms with E-state index >= 15 is 0 Å². The van der Waals surface area contributed by atoms with Crippen LogP contribution in [0.3, 0.4) is 0 Å². The lowest BCUT2D eigenvalue weighted by Crippen LogP contribution is -2.35. The minimum absolute atomic E-state index is 0.0618. The second-order valence-electron chi connectivity index (χ2n) is 9.39. The molecule has 1 fully saturated rings. The molecule has 0 radical (unpaired) electrons. The summed E-state index contributed by atoms with van der Waals surface area (Å²) in [5.74, 6) is -0.641. The quantitative estimate of drug-likeness (QED) is 0.216. The van der Waals surface area contributed by atoms with Gasteiger partial charge in [-0.2, -0.15) is 4.98 Å². The van der Waals surface area contributed by atoms with E-state index in [1.54, 1.807) is 30.2 Å². The summed E-state index contributed by atoms with van der Waals surface area (Å²) < 4.78 is 36.0. The van der Waals surface area contributed by atoms with Crippen LogP contribution in [0.2, 0.25) is 0 Å². The molecule has 0 spiro atoms. The molecule has 3 heterocycles. The zero-order valence-electron chi connectivity index (χ0n) is 22.4. The van der Waals surface area contributed by atoms with Gasteiger partial charge in [0.2, 0.25) is 5.88 Å². The third-order valence-corrected chi connectivity index (χ3v) is 6.52. The van der Waals surface area contributed by atoms with Crippen LogP contribution in [0.4, 0.5) is 10.1 Å². The Morgan fingerprint density at radius 2 is 1.95 bits per heavy atom. The summed E-state index contributed by atoms with van der Waals surface area (Å²) in [6, 6.07) is 10.3. The van der Waals surface area contributed by atoms with Crippen molar-refractivity contribution in [2.24, 2.45) is 4.99 Å². The summed E-state index contributed by atoms with van der Waals surface area (Å²) >= 11 is 0. The highest BCUT2D eigenvalue weighted by Gasteiger charge is 2.33. The van der Waals surface area contributed by atoms with Crippen molar-refractivity contribution in [2.45, 2.75) is 45.4 Å². The number of rotatable bonds is 9. The normalized spacial score (nSPS) is 16.6. The van der Waals surface area contributed by atoms with Gasteiger partial charge in [0.25, 0.3) is 5.91 Å². The third-order valence-electron chi connectivity index (χ3n) is 6.52. The molecule has 2 aliphatic heterocycles. The van der Waals surface area contributed by atoms with E-state index in [0.717, 1.165) is 12.8 Å². The molecule has 10 nitrogen and oxygen atoms in total. The summed E-state index contributed by atoms with van der Waals surface area (Å²) in [6.07, 6.45) is 2.67. The number of fused-ring (bicyclic) bond motifs is 2. The fraction of sp³-hybridized carbons (Fsp3) is 0.345. The van der Waals surface area contributed by atoms with Crippen molar-refractivity contribution >= 4 is 23.8 Å². The Bertz CT molecular complexity index is 1450. The standard InChI is InChI=1S/C29H29FN4O6/c1-4-12-38-29(40-26-15-22(32-17(2)33-26)18-7-9-19(30)10-8-18)28(36)39-25-14-23-21(13-24(25)37-3)27(35)34-11-5-6-20(34)16-31-23/h7-10,13-16,20,29H,4-6,11-12H2,1-3H3/t20-,29?/m0/s1. The molecule has 208 valence electrons. The Labute approximate surface area is 230 Å². The maximum atomic E-state index is 13.4. The highest BCUT2D eigenvalue weighted by atomic mass is 19.1. The number of esters is 1. The van der Waals surface area contributed by atoms with Crippen molar-refractivity contribution in [1.82, 2.24) is 14.9 Å². The van der Waals surface area contributed by atoms with Gasteiger partial charge in [0.1, 0.15) is 11.6 Å². The molecule has 2 aliphatic rings. The molecule has 0 aliphatic carbocycles. The molecule has 1 unspecified atom stereocenters. The molecular weight excluding hydrogens is 519 g/mol. The summed E-state index contributed by atoms with van der Waals surface area (Å²) in [4.78, 5) is 41.4. The zero-order chi connectivity index (χ0) is 28.2. The zero-order valence-corrected chi connectivity index (χ0v) is 22.4. The van der Waals surface area contributed by atoms with Crippen LogP contribution in [-0.4, -0.2) is 65.6 Å². The summed E-state index contributed by atoms with van der Waals surface area (Å²) in [6.45, 7) is 4.44. The number of ether oxygens (including phenoxy) is 4. The first-order valence-corrected chi connectivity index (χ1v) is 13.0. The van der Waals surface area contributed by atoms with E-state index in [-0.39, 0.29) is 41.8 Å². The van der Waals surface area contributed by atoms with E-state index in [4.69, 9.17) is 18.9 Å². The number of carbonyl (C=O) groups excluding carboxylic acids is 2. The summed E-state index contributed by atoms with van der Waals surface area (Å²) in [5.41, 5.74) is 1.89.